The third-order valence-electron chi connectivity index (χ3n) is 2.60. The summed E-state index contributed by atoms with van der Waals surface area (Å²) >= 11 is 0. The highest BCUT2D eigenvalue weighted by molar-refractivity contribution is 5.83. The van der Waals surface area contributed by atoms with Gasteiger partial charge in [0.2, 0.25) is 6.39 Å². The summed E-state index contributed by atoms with van der Waals surface area (Å²) in [6.07, 6.45) is 2.36. The van der Waals surface area contributed by atoms with Crippen LogP contribution in [0.3, 0.4) is 0 Å². The van der Waals surface area contributed by atoms with E-state index >= 15 is 0 Å². The van der Waals surface area contributed by atoms with E-state index < -0.39 is 18.0 Å². The molecule has 1 atom stereocenters. The number of amides is 2. The Labute approximate surface area is 96.6 Å². The van der Waals surface area contributed by atoms with Crippen LogP contribution in [0.15, 0.2) is 10.9 Å². The lowest BCUT2D eigenvalue weighted by atomic mass is 10.2. The van der Waals surface area contributed by atoms with Gasteiger partial charge < -0.3 is 19.8 Å². The molecule has 8 nitrogen and oxygen atoms in total. The first-order valence-electron chi connectivity index (χ1n) is 5.21. The van der Waals surface area contributed by atoms with Crippen molar-refractivity contribution in [3.63, 3.8) is 0 Å². The predicted octanol–water partition coefficient (Wildman–Crippen LogP) is -0.172. The minimum Gasteiger partial charge on any atom is -0.480 e. The van der Waals surface area contributed by atoms with Gasteiger partial charge in [-0.05, 0) is 12.8 Å². The van der Waals surface area contributed by atoms with E-state index in [9.17, 15) is 9.59 Å². The van der Waals surface area contributed by atoms with Crippen LogP contribution in [0.2, 0.25) is 0 Å². The number of carbonyl (C=O) groups excluding carboxylic acids is 1. The summed E-state index contributed by atoms with van der Waals surface area (Å²) in [4.78, 5) is 27.7. The first-order valence-corrected chi connectivity index (χ1v) is 5.21. The van der Waals surface area contributed by atoms with E-state index in [0.29, 0.717) is 25.2 Å². The average molecular weight is 240 g/mol. The van der Waals surface area contributed by atoms with E-state index in [2.05, 4.69) is 20.0 Å². The van der Waals surface area contributed by atoms with Gasteiger partial charge in [-0.15, -0.1) is 0 Å². The Morgan fingerprint density at radius 1 is 1.65 bits per heavy atom. The molecular weight excluding hydrogens is 228 g/mol. The summed E-state index contributed by atoms with van der Waals surface area (Å²) in [6.45, 7) is 0.577. The number of aliphatic carboxylic acids is 1. The fourth-order valence-corrected chi connectivity index (χ4v) is 1.79. The molecule has 2 heterocycles. The highest BCUT2D eigenvalue weighted by Gasteiger charge is 2.33. The molecule has 1 aliphatic rings. The zero-order valence-corrected chi connectivity index (χ0v) is 9.00. The van der Waals surface area contributed by atoms with Gasteiger partial charge in [-0.1, -0.05) is 5.16 Å². The number of carboxylic acid groups (broad SMARTS) is 1. The largest absolute Gasteiger partial charge is 0.480 e. The van der Waals surface area contributed by atoms with Gasteiger partial charge in [-0.3, -0.25) is 0 Å². The van der Waals surface area contributed by atoms with Gasteiger partial charge >= 0.3 is 12.0 Å². The number of urea groups is 1. The fraction of sp³-hybridized carbons (Fsp3) is 0.556. The van der Waals surface area contributed by atoms with Crippen LogP contribution < -0.4 is 5.32 Å². The molecule has 0 saturated carbocycles. The van der Waals surface area contributed by atoms with Crippen molar-refractivity contribution in [2.75, 3.05) is 6.54 Å². The Hall–Kier alpha value is -2.12. The number of nitrogens with one attached hydrogen (secondary N) is 1. The van der Waals surface area contributed by atoms with Crippen molar-refractivity contribution in [3.05, 3.63) is 12.2 Å². The number of hydrogen-bond acceptors (Lipinski definition) is 5. The molecule has 0 aromatic carbocycles. The lowest BCUT2D eigenvalue weighted by Crippen LogP contribution is -2.45. The van der Waals surface area contributed by atoms with Gasteiger partial charge in [0.05, 0.1) is 6.54 Å². The second kappa shape index (κ2) is 4.81. The predicted molar refractivity (Wildman–Crippen MR) is 53.9 cm³/mol. The third-order valence-corrected chi connectivity index (χ3v) is 2.60. The first kappa shape index (κ1) is 11.4. The number of nitrogens with zero attached hydrogens (tertiary/aromatic N) is 3. The van der Waals surface area contributed by atoms with E-state index in [-0.39, 0.29) is 6.54 Å². The molecule has 1 fully saturated rings. The highest BCUT2D eigenvalue weighted by atomic mass is 16.5. The van der Waals surface area contributed by atoms with E-state index in [1.165, 1.54) is 4.90 Å². The molecule has 1 aromatic heterocycles. The minimum atomic E-state index is -0.975. The minimum absolute atomic E-state index is 0.123. The van der Waals surface area contributed by atoms with Gasteiger partial charge in [0.15, 0.2) is 5.82 Å². The SMILES string of the molecule is O=C(O)C1CCCN1C(=O)NCc1ncon1. The first-order chi connectivity index (χ1) is 8.18. The van der Waals surface area contributed by atoms with Gasteiger partial charge in [0.25, 0.3) is 0 Å². The Bertz CT molecular complexity index is 405. The quantitative estimate of drug-likeness (QED) is 0.759. The number of aromatic nitrogens is 2. The number of rotatable bonds is 3. The molecule has 1 aromatic rings. The van der Waals surface area contributed by atoms with Gasteiger partial charge in [-0.25, -0.2) is 9.59 Å². The van der Waals surface area contributed by atoms with Crippen LogP contribution >= 0.6 is 0 Å². The molecule has 2 rings (SSSR count). The molecule has 0 radical (unpaired) electrons. The maximum Gasteiger partial charge on any atom is 0.326 e. The molecule has 0 spiro atoms. The van der Waals surface area contributed by atoms with Gasteiger partial charge in [-0.2, -0.15) is 4.98 Å². The van der Waals surface area contributed by atoms with Crippen molar-refractivity contribution in [3.8, 4) is 0 Å². The number of carbonyl (C=O) groups is 2. The molecule has 0 bridgehead atoms. The number of likely N-dealkylation sites (tertiary alicyclic amines) is 1. The monoisotopic (exact) mass is 240 g/mol. The Morgan fingerprint density at radius 3 is 3.12 bits per heavy atom. The lowest BCUT2D eigenvalue weighted by molar-refractivity contribution is -0.141. The maximum absolute atomic E-state index is 11.7. The standard InChI is InChI=1S/C9H12N4O4/c14-8(15)6-2-1-3-13(6)9(16)10-4-7-11-5-17-12-7/h5-6H,1-4H2,(H,10,16)(H,14,15). The second-order valence-corrected chi connectivity index (χ2v) is 3.70. The van der Waals surface area contributed by atoms with E-state index in [0.717, 1.165) is 6.39 Å². The van der Waals surface area contributed by atoms with Crippen molar-refractivity contribution >= 4 is 12.0 Å². The molecule has 2 N–H and O–H groups in total. The normalized spacial score (nSPS) is 19.3. The Kier molecular flexibility index (Phi) is 3.22. The summed E-state index contributed by atoms with van der Waals surface area (Å²) in [5.74, 6) is -0.623. The molecule has 1 unspecified atom stereocenters. The van der Waals surface area contributed by atoms with Crippen molar-refractivity contribution in [1.82, 2.24) is 20.4 Å². The topological polar surface area (TPSA) is 109 Å². The smallest absolute Gasteiger partial charge is 0.326 e. The third kappa shape index (κ3) is 2.52. The van der Waals surface area contributed by atoms with Crippen LogP contribution in [-0.2, 0) is 11.3 Å². The van der Waals surface area contributed by atoms with Crippen LogP contribution in [0.4, 0.5) is 4.79 Å². The van der Waals surface area contributed by atoms with Crippen molar-refractivity contribution in [1.29, 1.82) is 0 Å². The molecule has 0 aliphatic carbocycles. The van der Waals surface area contributed by atoms with Crippen LogP contribution in [-0.4, -0.2) is 44.7 Å². The lowest BCUT2D eigenvalue weighted by Gasteiger charge is -2.21. The van der Waals surface area contributed by atoms with Crippen LogP contribution in [0.25, 0.3) is 0 Å². The molecule has 1 aliphatic heterocycles. The molecule has 8 heteroatoms. The Balaban J connectivity index is 1.89. The second-order valence-electron chi connectivity index (χ2n) is 3.70. The van der Waals surface area contributed by atoms with Crippen LogP contribution in [0.1, 0.15) is 18.7 Å². The van der Waals surface area contributed by atoms with Gasteiger partial charge in [0, 0.05) is 6.54 Å². The summed E-state index contributed by atoms with van der Waals surface area (Å²) < 4.78 is 4.51. The average Bonchev–Trinajstić information content (AvgIpc) is 2.96. The van der Waals surface area contributed by atoms with Crippen molar-refractivity contribution in [2.24, 2.45) is 0 Å². The number of hydrogen-bond donors (Lipinski definition) is 2. The summed E-state index contributed by atoms with van der Waals surface area (Å²) in [5, 5.41) is 15.0. The van der Waals surface area contributed by atoms with E-state index in [1.807, 2.05) is 0 Å². The van der Waals surface area contributed by atoms with Crippen LogP contribution in [0.5, 0.6) is 0 Å². The van der Waals surface area contributed by atoms with E-state index in [4.69, 9.17) is 5.11 Å². The molecular formula is C9H12N4O4. The summed E-state index contributed by atoms with van der Waals surface area (Å²) in [7, 11) is 0. The molecule has 17 heavy (non-hydrogen) atoms. The van der Waals surface area contributed by atoms with Crippen LogP contribution in [0, 0.1) is 0 Å². The molecule has 2 amide bonds. The molecule has 92 valence electrons. The molecule has 1 saturated heterocycles. The zero-order valence-electron chi connectivity index (χ0n) is 9.00. The Morgan fingerprint density at radius 2 is 2.47 bits per heavy atom. The summed E-state index contributed by atoms with van der Waals surface area (Å²) in [6, 6.07) is -1.15. The van der Waals surface area contributed by atoms with Crippen molar-refractivity contribution < 1.29 is 19.2 Å². The number of carboxylic acids is 1. The van der Waals surface area contributed by atoms with E-state index in [1.54, 1.807) is 0 Å². The summed E-state index contributed by atoms with van der Waals surface area (Å²) in [5.41, 5.74) is 0. The highest BCUT2D eigenvalue weighted by Crippen LogP contribution is 2.17. The maximum atomic E-state index is 11.7. The van der Waals surface area contributed by atoms with Gasteiger partial charge in [0.1, 0.15) is 6.04 Å². The zero-order chi connectivity index (χ0) is 12.3. The van der Waals surface area contributed by atoms with Crippen molar-refractivity contribution in [2.45, 2.75) is 25.4 Å². The fourth-order valence-electron chi connectivity index (χ4n) is 1.79.